The lowest BCUT2D eigenvalue weighted by molar-refractivity contribution is -0.136. The van der Waals surface area contributed by atoms with Crippen LogP contribution in [0.25, 0.3) is 0 Å². The predicted octanol–water partition coefficient (Wildman–Crippen LogP) is 2.96. The maximum Gasteiger partial charge on any atom is 0.328 e. The average Bonchev–Trinajstić information content (AvgIpc) is 2.63. The van der Waals surface area contributed by atoms with E-state index in [2.05, 4.69) is 5.32 Å². The Labute approximate surface area is 159 Å². The van der Waals surface area contributed by atoms with Crippen molar-refractivity contribution in [2.75, 3.05) is 20.8 Å². The first kappa shape index (κ1) is 21.6. The van der Waals surface area contributed by atoms with E-state index >= 15 is 0 Å². The molecule has 0 aromatic heterocycles. The minimum absolute atomic E-state index is 0. The molecule has 2 rings (SSSR count). The number of carbonyl (C=O) groups is 1. The van der Waals surface area contributed by atoms with E-state index in [1.54, 1.807) is 39.3 Å². The van der Waals surface area contributed by atoms with Crippen LogP contribution in [0, 0.1) is 0 Å². The number of para-hydroxylation sites is 2. The third-order valence-corrected chi connectivity index (χ3v) is 3.74. The number of phenolic OH excluding ortho intramolecular Hbond substituents is 1. The van der Waals surface area contributed by atoms with E-state index in [9.17, 15) is 9.90 Å². The van der Waals surface area contributed by atoms with Crippen molar-refractivity contribution in [3.8, 4) is 23.0 Å². The molecule has 2 N–H and O–H groups in total. The summed E-state index contributed by atoms with van der Waals surface area (Å²) in [4.78, 5) is 12.1. The second-order valence-electron chi connectivity index (χ2n) is 5.50. The van der Waals surface area contributed by atoms with E-state index in [0.29, 0.717) is 24.5 Å². The molecule has 0 fully saturated rings. The van der Waals surface area contributed by atoms with Gasteiger partial charge in [0.1, 0.15) is 6.04 Å². The number of rotatable bonds is 8. The molecular weight excluding hydrogens is 358 g/mol. The zero-order valence-electron chi connectivity index (χ0n) is 15.0. The lowest BCUT2D eigenvalue weighted by atomic mass is 10.1. The van der Waals surface area contributed by atoms with Crippen LogP contribution >= 0.6 is 12.4 Å². The number of carbonyl (C=O) groups excluding carboxylic acids is 1. The molecule has 1 atom stereocenters. The average molecular weight is 382 g/mol. The van der Waals surface area contributed by atoms with Crippen LogP contribution in [-0.4, -0.2) is 37.9 Å². The SMILES string of the molecule is COc1ccc(CCNC(C)C(=O)Oc2ccccc2O)cc1OC.Cl. The van der Waals surface area contributed by atoms with Crippen molar-refractivity contribution in [3.05, 3.63) is 48.0 Å². The zero-order valence-corrected chi connectivity index (χ0v) is 15.8. The quantitative estimate of drug-likeness (QED) is 0.540. The largest absolute Gasteiger partial charge is 0.504 e. The van der Waals surface area contributed by atoms with Crippen LogP contribution < -0.4 is 19.5 Å². The summed E-state index contributed by atoms with van der Waals surface area (Å²) in [5, 5.41) is 12.7. The minimum Gasteiger partial charge on any atom is -0.504 e. The van der Waals surface area contributed by atoms with Crippen LogP contribution in [0.4, 0.5) is 0 Å². The number of hydrogen-bond donors (Lipinski definition) is 2. The molecule has 6 nitrogen and oxygen atoms in total. The van der Waals surface area contributed by atoms with Crippen LogP contribution in [0.5, 0.6) is 23.0 Å². The fourth-order valence-electron chi connectivity index (χ4n) is 2.29. The molecule has 0 heterocycles. The number of aromatic hydroxyl groups is 1. The molecule has 2 aromatic rings. The van der Waals surface area contributed by atoms with Crippen molar-refractivity contribution in [3.63, 3.8) is 0 Å². The van der Waals surface area contributed by atoms with Gasteiger partial charge in [-0.1, -0.05) is 18.2 Å². The summed E-state index contributed by atoms with van der Waals surface area (Å²) in [6.45, 7) is 2.31. The second-order valence-corrected chi connectivity index (χ2v) is 5.50. The molecule has 0 aliphatic carbocycles. The molecule has 1 unspecified atom stereocenters. The number of methoxy groups -OCH3 is 2. The van der Waals surface area contributed by atoms with Gasteiger partial charge in [0.25, 0.3) is 0 Å². The van der Waals surface area contributed by atoms with Crippen molar-refractivity contribution in [1.82, 2.24) is 5.32 Å². The molecule has 2 aromatic carbocycles. The summed E-state index contributed by atoms with van der Waals surface area (Å²) in [5.74, 6) is 0.995. The Morgan fingerprint density at radius 2 is 1.77 bits per heavy atom. The van der Waals surface area contributed by atoms with E-state index in [-0.39, 0.29) is 23.9 Å². The smallest absolute Gasteiger partial charge is 0.328 e. The van der Waals surface area contributed by atoms with Gasteiger partial charge in [-0.2, -0.15) is 0 Å². The third-order valence-electron chi connectivity index (χ3n) is 3.74. The van der Waals surface area contributed by atoms with E-state index in [1.165, 1.54) is 6.07 Å². The first-order valence-electron chi connectivity index (χ1n) is 7.99. The molecule has 0 saturated heterocycles. The van der Waals surface area contributed by atoms with Gasteiger partial charge in [-0.25, -0.2) is 4.79 Å². The highest BCUT2D eigenvalue weighted by Gasteiger charge is 2.16. The number of benzene rings is 2. The van der Waals surface area contributed by atoms with Gasteiger partial charge >= 0.3 is 5.97 Å². The standard InChI is InChI=1S/C19H23NO5.ClH/c1-13(19(22)25-16-7-5-4-6-15(16)21)20-11-10-14-8-9-17(23-2)18(12-14)24-3;/h4-9,12-13,20-21H,10-11H2,1-3H3;1H. The number of halogens is 1. The molecule has 0 radical (unpaired) electrons. The number of ether oxygens (including phenoxy) is 3. The van der Waals surface area contributed by atoms with Crippen molar-refractivity contribution >= 4 is 18.4 Å². The topological polar surface area (TPSA) is 77.0 Å². The van der Waals surface area contributed by atoms with Crippen molar-refractivity contribution in [2.24, 2.45) is 0 Å². The van der Waals surface area contributed by atoms with Gasteiger partial charge in [-0.15, -0.1) is 12.4 Å². The minimum atomic E-state index is -0.500. The van der Waals surface area contributed by atoms with Crippen molar-refractivity contribution < 1.29 is 24.1 Å². The van der Waals surface area contributed by atoms with Gasteiger partial charge < -0.3 is 24.6 Å². The highest BCUT2D eigenvalue weighted by molar-refractivity contribution is 5.85. The molecule has 0 bridgehead atoms. The summed E-state index contributed by atoms with van der Waals surface area (Å²) < 4.78 is 15.7. The number of hydrogen-bond acceptors (Lipinski definition) is 6. The van der Waals surface area contributed by atoms with Crippen LogP contribution in [-0.2, 0) is 11.2 Å². The monoisotopic (exact) mass is 381 g/mol. The van der Waals surface area contributed by atoms with Crippen molar-refractivity contribution in [1.29, 1.82) is 0 Å². The molecular formula is C19H24ClNO5. The highest BCUT2D eigenvalue weighted by atomic mass is 35.5. The summed E-state index contributed by atoms with van der Waals surface area (Å²) >= 11 is 0. The Balaban J connectivity index is 0.00000338. The molecule has 142 valence electrons. The van der Waals surface area contributed by atoms with E-state index in [1.807, 2.05) is 18.2 Å². The normalized spacial score (nSPS) is 11.2. The fraction of sp³-hybridized carbons (Fsp3) is 0.316. The Kier molecular flexibility index (Phi) is 8.75. The molecule has 0 amide bonds. The number of nitrogens with one attached hydrogen (secondary N) is 1. The van der Waals surface area contributed by atoms with Crippen LogP contribution in [0.15, 0.2) is 42.5 Å². The van der Waals surface area contributed by atoms with Gasteiger partial charge in [-0.05, 0) is 49.7 Å². The Bertz CT molecular complexity index is 723. The molecule has 0 spiro atoms. The summed E-state index contributed by atoms with van der Waals surface area (Å²) in [6, 6.07) is 11.6. The van der Waals surface area contributed by atoms with Gasteiger partial charge in [-0.3, -0.25) is 0 Å². The molecule has 0 aliphatic rings. The second kappa shape index (κ2) is 10.5. The Hall–Kier alpha value is -2.44. The van der Waals surface area contributed by atoms with Gasteiger partial charge in [0.2, 0.25) is 0 Å². The molecule has 0 aliphatic heterocycles. The zero-order chi connectivity index (χ0) is 18.2. The Morgan fingerprint density at radius 1 is 1.08 bits per heavy atom. The maximum absolute atomic E-state index is 12.1. The molecule has 26 heavy (non-hydrogen) atoms. The van der Waals surface area contributed by atoms with Crippen LogP contribution in [0.2, 0.25) is 0 Å². The Morgan fingerprint density at radius 3 is 2.42 bits per heavy atom. The predicted molar refractivity (Wildman–Crippen MR) is 102 cm³/mol. The van der Waals surface area contributed by atoms with E-state index < -0.39 is 12.0 Å². The number of esters is 1. The van der Waals surface area contributed by atoms with Gasteiger partial charge in [0.15, 0.2) is 23.0 Å². The summed E-state index contributed by atoms with van der Waals surface area (Å²) in [7, 11) is 3.19. The van der Waals surface area contributed by atoms with E-state index in [4.69, 9.17) is 14.2 Å². The van der Waals surface area contributed by atoms with Crippen molar-refractivity contribution in [2.45, 2.75) is 19.4 Å². The third kappa shape index (κ3) is 5.82. The first-order chi connectivity index (χ1) is 12.0. The van der Waals surface area contributed by atoms with Gasteiger partial charge in [0, 0.05) is 0 Å². The van der Waals surface area contributed by atoms with Gasteiger partial charge in [0.05, 0.1) is 14.2 Å². The molecule has 7 heteroatoms. The summed E-state index contributed by atoms with van der Waals surface area (Å²) in [6.07, 6.45) is 0.717. The highest BCUT2D eigenvalue weighted by Crippen LogP contribution is 2.27. The molecule has 0 saturated carbocycles. The fourth-order valence-corrected chi connectivity index (χ4v) is 2.29. The maximum atomic E-state index is 12.1. The van der Waals surface area contributed by atoms with E-state index in [0.717, 1.165) is 5.56 Å². The van der Waals surface area contributed by atoms with Crippen LogP contribution in [0.3, 0.4) is 0 Å². The van der Waals surface area contributed by atoms with Crippen LogP contribution in [0.1, 0.15) is 12.5 Å². The number of phenols is 1. The lowest BCUT2D eigenvalue weighted by Crippen LogP contribution is -2.38. The first-order valence-corrected chi connectivity index (χ1v) is 7.99. The lowest BCUT2D eigenvalue weighted by Gasteiger charge is -2.14. The summed E-state index contributed by atoms with van der Waals surface area (Å²) in [5.41, 5.74) is 1.06.